The van der Waals surface area contributed by atoms with E-state index in [0.29, 0.717) is 18.5 Å². The summed E-state index contributed by atoms with van der Waals surface area (Å²) in [6, 6.07) is 10.9. The first-order valence-corrected chi connectivity index (χ1v) is 10.0. The van der Waals surface area contributed by atoms with E-state index in [1.807, 2.05) is 43.4 Å². The number of aromatic hydroxyl groups is 1. The molecule has 2 aromatic carbocycles. The molecule has 0 aliphatic rings. The van der Waals surface area contributed by atoms with Crippen LogP contribution in [0.2, 0.25) is 0 Å². The number of anilines is 1. The molecule has 2 amide bonds. The molecule has 0 aliphatic heterocycles. The number of nitriles is 1. The fourth-order valence-corrected chi connectivity index (χ4v) is 3.17. The topological polar surface area (TPSA) is 124 Å². The number of hydrogen-bond donors (Lipinski definition) is 3. The first kappa shape index (κ1) is 24.2. The summed E-state index contributed by atoms with van der Waals surface area (Å²) in [6.07, 6.45) is 2.07. The molecule has 2 aromatic rings. The summed E-state index contributed by atoms with van der Waals surface area (Å²) in [6.45, 7) is 9.34. The average Bonchev–Trinajstić information content (AvgIpc) is 2.73. The maximum Gasteiger partial charge on any atom is 0.414 e. The third-order valence-electron chi connectivity index (χ3n) is 4.69. The van der Waals surface area contributed by atoms with Crippen molar-refractivity contribution in [2.24, 2.45) is 5.10 Å². The monoisotopic (exact) mass is 434 g/mol. The van der Waals surface area contributed by atoms with Crippen molar-refractivity contribution in [2.45, 2.75) is 33.6 Å². The van der Waals surface area contributed by atoms with Gasteiger partial charge in [-0.25, -0.2) is 4.79 Å². The summed E-state index contributed by atoms with van der Waals surface area (Å²) in [4.78, 5) is 23.3. The molecule has 32 heavy (non-hydrogen) atoms. The van der Waals surface area contributed by atoms with E-state index in [2.05, 4.69) is 21.8 Å². The lowest BCUT2D eigenvalue weighted by Gasteiger charge is -2.14. The minimum Gasteiger partial charge on any atom is -0.508 e. The van der Waals surface area contributed by atoms with Crippen LogP contribution in [0.15, 0.2) is 48.1 Å². The Labute approximate surface area is 187 Å². The van der Waals surface area contributed by atoms with Crippen molar-refractivity contribution >= 4 is 23.4 Å². The molecule has 0 radical (unpaired) electrons. The molecule has 8 heteroatoms. The number of carbonyl (C=O) groups excluding carboxylic acids is 2. The van der Waals surface area contributed by atoms with Crippen LogP contribution in [0.25, 0.3) is 0 Å². The van der Waals surface area contributed by atoms with E-state index in [1.54, 1.807) is 25.1 Å². The Hall–Kier alpha value is -4.12. The highest BCUT2D eigenvalue weighted by Crippen LogP contribution is 2.26. The van der Waals surface area contributed by atoms with Crippen molar-refractivity contribution in [3.8, 4) is 11.8 Å². The molecule has 0 fully saturated rings. The second-order valence-electron chi connectivity index (χ2n) is 7.08. The molecule has 0 spiro atoms. The number of hydrogen-bond acceptors (Lipinski definition) is 7. The van der Waals surface area contributed by atoms with Gasteiger partial charge in [0.15, 0.2) is 0 Å². The Bertz CT molecular complexity index is 1080. The summed E-state index contributed by atoms with van der Waals surface area (Å²) < 4.78 is 4.62. The van der Waals surface area contributed by atoms with Crippen LogP contribution in [0, 0.1) is 25.2 Å². The highest BCUT2D eigenvalue weighted by atomic mass is 16.5. The second-order valence-corrected chi connectivity index (χ2v) is 7.08. The van der Waals surface area contributed by atoms with Gasteiger partial charge in [0, 0.05) is 0 Å². The third kappa shape index (κ3) is 6.44. The van der Waals surface area contributed by atoms with Crippen molar-refractivity contribution in [1.29, 1.82) is 5.26 Å². The summed E-state index contributed by atoms with van der Waals surface area (Å²) >= 11 is 0. The van der Waals surface area contributed by atoms with Gasteiger partial charge in [-0.05, 0) is 79.6 Å². The largest absolute Gasteiger partial charge is 0.508 e. The van der Waals surface area contributed by atoms with Gasteiger partial charge in [0.05, 0.1) is 12.3 Å². The van der Waals surface area contributed by atoms with Crippen LogP contribution in [0.3, 0.4) is 0 Å². The molecule has 0 aliphatic carbocycles. The number of alkyl carbamates (subject to hydrolysis) is 1. The number of amides is 2. The first-order chi connectivity index (χ1) is 15.3. The zero-order valence-corrected chi connectivity index (χ0v) is 18.4. The number of benzene rings is 2. The van der Waals surface area contributed by atoms with Crippen LogP contribution in [-0.2, 0) is 22.4 Å². The fourth-order valence-electron chi connectivity index (χ4n) is 3.17. The maximum atomic E-state index is 11.9. The first-order valence-electron chi connectivity index (χ1n) is 10.0. The SMILES string of the molecule is C=CCc1cc(Cc2c(C)cc(N/N=C(\C#N)C(=O)NC(=O)OCC)cc2C)ccc1O. The van der Waals surface area contributed by atoms with Gasteiger partial charge < -0.3 is 9.84 Å². The summed E-state index contributed by atoms with van der Waals surface area (Å²) in [5.74, 6) is -0.703. The summed E-state index contributed by atoms with van der Waals surface area (Å²) in [5, 5.41) is 24.9. The van der Waals surface area contributed by atoms with Gasteiger partial charge in [0.25, 0.3) is 5.91 Å². The van der Waals surface area contributed by atoms with Gasteiger partial charge in [-0.15, -0.1) is 6.58 Å². The molecular weight excluding hydrogens is 408 g/mol. The van der Waals surface area contributed by atoms with E-state index in [0.717, 1.165) is 27.8 Å². The van der Waals surface area contributed by atoms with Crippen molar-refractivity contribution in [2.75, 3.05) is 12.0 Å². The minimum absolute atomic E-state index is 0.0982. The summed E-state index contributed by atoms with van der Waals surface area (Å²) in [7, 11) is 0. The molecule has 166 valence electrons. The van der Waals surface area contributed by atoms with Crippen molar-refractivity contribution in [1.82, 2.24) is 5.32 Å². The van der Waals surface area contributed by atoms with Gasteiger partial charge in [-0.3, -0.25) is 15.5 Å². The predicted molar refractivity (Wildman–Crippen MR) is 123 cm³/mol. The number of hydrazone groups is 1. The zero-order valence-electron chi connectivity index (χ0n) is 18.4. The number of aryl methyl sites for hydroxylation is 2. The van der Waals surface area contributed by atoms with Gasteiger partial charge in [-0.1, -0.05) is 18.2 Å². The van der Waals surface area contributed by atoms with Crippen LogP contribution in [0.5, 0.6) is 5.75 Å². The van der Waals surface area contributed by atoms with Crippen LogP contribution < -0.4 is 10.7 Å². The predicted octanol–water partition coefficient (Wildman–Crippen LogP) is 3.89. The van der Waals surface area contributed by atoms with Crippen LogP contribution >= 0.6 is 0 Å². The lowest BCUT2D eigenvalue weighted by Crippen LogP contribution is -2.36. The van der Waals surface area contributed by atoms with E-state index in [4.69, 9.17) is 5.26 Å². The van der Waals surface area contributed by atoms with E-state index >= 15 is 0 Å². The number of phenolic OH excluding ortho intramolecular Hbond substituents is 1. The van der Waals surface area contributed by atoms with Gasteiger partial charge in [0.2, 0.25) is 5.71 Å². The number of nitrogens with zero attached hydrogens (tertiary/aromatic N) is 2. The van der Waals surface area contributed by atoms with Crippen LogP contribution in [0.4, 0.5) is 10.5 Å². The molecule has 0 bridgehead atoms. The smallest absolute Gasteiger partial charge is 0.414 e. The molecule has 0 saturated carbocycles. The Morgan fingerprint density at radius 1 is 1.25 bits per heavy atom. The number of imide groups is 1. The average molecular weight is 434 g/mol. The molecule has 0 atom stereocenters. The van der Waals surface area contributed by atoms with Gasteiger partial charge in [0.1, 0.15) is 11.8 Å². The van der Waals surface area contributed by atoms with Crippen molar-refractivity contribution in [3.05, 3.63) is 70.8 Å². The van der Waals surface area contributed by atoms with E-state index in [1.165, 1.54) is 0 Å². The van der Waals surface area contributed by atoms with Crippen LogP contribution in [-0.4, -0.2) is 29.4 Å². The second kappa shape index (κ2) is 11.3. The lowest BCUT2D eigenvalue weighted by molar-refractivity contribution is -0.114. The van der Waals surface area contributed by atoms with Crippen LogP contribution in [0.1, 0.15) is 34.7 Å². The molecule has 0 heterocycles. The third-order valence-corrected chi connectivity index (χ3v) is 4.69. The molecule has 0 saturated heterocycles. The highest BCUT2D eigenvalue weighted by molar-refractivity contribution is 6.46. The molecule has 0 unspecified atom stereocenters. The Morgan fingerprint density at radius 3 is 2.53 bits per heavy atom. The normalized spacial score (nSPS) is 10.8. The van der Waals surface area contributed by atoms with Crippen molar-refractivity contribution in [3.63, 3.8) is 0 Å². The molecule has 0 aromatic heterocycles. The number of phenols is 1. The molecule has 8 nitrogen and oxygen atoms in total. The molecule has 3 N–H and O–H groups in total. The number of carbonyl (C=O) groups is 2. The van der Waals surface area contributed by atoms with E-state index in [-0.39, 0.29) is 12.4 Å². The highest BCUT2D eigenvalue weighted by Gasteiger charge is 2.15. The minimum atomic E-state index is -0.953. The lowest BCUT2D eigenvalue weighted by atomic mass is 9.94. The molecule has 2 rings (SSSR count). The standard InChI is InChI=1S/C24H26N4O4/c1-5-7-18-12-17(8-9-22(18)29)13-20-15(3)10-19(11-16(20)4)27-28-21(14-25)23(30)26-24(31)32-6-2/h5,8-12,27,29H,1,6-7,13H2,2-4H3,(H,26,30,31)/b28-21+. The zero-order chi connectivity index (χ0) is 23.7. The number of nitrogens with one attached hydrogen (secondary N) is 2. The summed E-state index contributed by atoms with van der Waals surface area (Å²) in [5.41, 5.74) is 7.79. The number of allylic oxidation sites excluding steroid dienone is 1. The Kier molecular flexibility index (Phi) is 8.54. The van der Waals surface area contributed by atoms with E-state index in [9.17, 15) is 14.7 Å². The van der Waals surface area contributed by atoms with Gasteiger partial charge >= 0.3 is 6.09 Å². The van der Waals surface area contributed by atoms with Gasteiger partial charge in [-0.2, -0.15) is 10.4 Å². The van der Waals surface area contributed by atoms with E-state index < -0.39 is 17.7 Å². The number of ether oxygens (including phenoxy) is 1. The maximum absolute atomic E-state index is 11.9. The molecular formula is C24H26N4O4. The quantitative estimate of drug-likeness (QED) is 0.329. The Morgan fingerprint density at radius 2 is 1.94 bits per heavy atom. The number of rotatable bonds is 8. The Balaban J connectivity index is 2.18. The fraction of sp³-hybridized carbons (Fsp3) is 0.250. The van der Waals surface area contributed by atoms with Crippen molar-refractivity contribution < 1.29 is 19.4 Å².